The average Bonchev–Trinajstić information content (AvgIpc) is 2.27. The third-order valence-electron chi connectivity index (χ3n) is 2.22. The molecule has 2 aromatic carbocycles. The number of para-hydroxylation sites is 1. The lowest BCUT2D eigenvalue weighted by Gasteiger charge is -2.09. The van der Waals surface area contributed by atoms with E-state index in [2.05, 4.69) is 15.9 Å². The van der Waals surface area contributed by atoms with Crippen LogP contribution in [-0.4, -0.2) is 5.11 Å². The summed E-state index contributed by atoms with van der Waals surface area (Å²) in [5.41, 5.74) is 0.584. The number of rotatable bonds is 1. The molecular weight excluding hydrogens is 294 g/mol. The molecule has 0 aromatic heterocycles. The topological polar surface area (TPSA) is 20.2 Å². The number of benzene rings is 2. The first-order chi connectivity index (χ1) is 7.61. The normalized spacial score (nSPS) is 10.4. The minimum Gasteiger partial charge on any atom is -0.507 e. The second-order valence-corrected chi connectivity index (χ2v) is 4.47. The van der Waals surface area contributed by atoms with Crippen molar-refractivity contribution < 1.29 is 9.50 Å². The maximum atomic E-state index is 13.7. The van der Waals surface area contributed by atoms with E-state index < -0.39 is 5.82 Å². The van der Waals surface area contributed by atoms with Crippen LogP contribution in [0.4, 0.5) is 4.39 Å². The maximum absolute atomic E-state index is 13.7. The van der Waals surface area contributed by atoms with E-state index in [-0.39, 0.29) is 16.3 Å². The second-order valence-electron chi connectivity index (χ2n) is 3.24. The molecule has 1 nitrogen and oxygen atoms in total. The van der Waals surface area contributed by atoms with Crippen molar-refractivity contribution in [3.05, 3.63) is 51.7 Å². The summed E-state index contributed by atoms with van der Waals surface area (Å²) >= 11 is 9.23. The van der Waals surface area contributed by atoms with Gasteiger partial charge in [0.25, 0.3) is 0 Å². The summed E-state index contributed by atoms with van der Waals surface area (Å²) in [6.45, 7) is 0. The first kappa shape index (κ1) is 11.4. The van der Waals surface area contributed by atoms with Gasteiger partial charge in [-0.15, -0.1) is 0 Å². The van der Waals surface area contributed by atoms with Gasteiger partial charge in [0.1, 0.15) is 11.6 Å². The lowest BCUT2D eigenvalue weighted by molar-refractivity contribution is 0.476. The van der Waals surface area contributed by atoms with Gasteiger partial charge in [0.15, 0.2) is 0 Å². The zero-order valence-corrected chi connectivity index (χ0v) is 10.4. The Morgan fingerprint density at radius 3 is 2.50 bits per heavy atom. The van der Waals surface area contributed by atoms with Gasteiger partial charge in [-0.3, -0.25) is 0 Å². The molecule has 0 fully saturated rings. The largest absolute Gasteiger partial charge is 0.507 e. The van der Waals surface area contributed by atoms with Gasteiger partial charge in [-0.2, -0.15) is 0 Å². The maximum Gasteiger partial charge on any atom is 0.132 e. The van der Waals surface area contributed by atoms with Crippen molar-refractivity contribution in [2.45, 2.75) is 0 Å². The first-order valence-corrected chi connectivity index (χ1v) is 5.70. The summed E-state index contributed by atoms with van der Waals surface area (Å²) in [6, 6.07) is 9.32. The number of phenols is 1. The van der Waals surface area contributed by atoms with Gasteiger partial charge in [-0.05, 0) is 34.1 Å². The molecule has 0 bridgehead atoms. The molecule has 4 heteroatoms. The smallest absolute Gasteiger partial charge is 0.132 e. The minimum atomic E-state index is -0.463. The summed E-state index contributed by atoms with van der Waals surface area (Å²) in [7, 11) is 0. The molecule has 16 heavy (non-hydrogen) atoms. The van der Waals surface area contributed by atoms with E-state index in [0.29, 0.717) is 10.0 Å². The van der Waals surface area contributed by atoms with Crippen molar-refractivity contribution >= 4 is 27.5 Å². The van der Waals surface area contributed by atoms with Crippen LogP contribution in [0, 0.1) is 5.82 Å². The number of halogens is 3. The summed E-state index contributed by atoms with van der Waals surface area (Å²) in [5, 5.41) is 9.91. The first-order valence-electron chi connectivity index (χ1n) is 4.53. The summed E-state index contributed by atoms with van der Waals surface area (Å²) in [5.74, 6) is -0.462. The van der Waals surface area contributed by atoms with Gasteiger partial charge in [0.2, 0.25) is 0 Å². The van der Waals surface area contributed by atoms with Gasteiger partial charge in [0, 0.05) is 15.6 Å². The van der Waals surface area contributed by atoms with Gasteiger partial charge >= 0.3 is 0 Å². The molecule has 0 radical (unpaired) electrons. The third kappa shape index (κ3) is 1.93. The monoisotopic (exact) mass is 300 g/mol. The molecule has 0 amide bonds. The summed E-state index contributed by atoms with van der Waals surface area (Å²) in [4.78, 5) is 0. The Morgan fingerprint density at radius 2 is 1.81 bits per heavy atom. The van der Waals surface area contributed by atoms with E-state index in [9.17, 15) is 9.50 Å². The molecule has 1 N–H and O–H groups in total. The van der Waals surface area contributed by atoms with Gasteiger partial charge in [0.05, 0.1) is 5.02 Å². The highest BCUT2D eigenvalue weighted by Crippen LogP contribution is 2.39. The van der Waals surface area contributed by atoms with E-state index in [0.717, 1.165) is 0 Å². The molecule has 0 saturated carbocycles. The zero-order valence-electron chi connectivity index (χ0n) is 8.05. The molecule has 2 aromatic rings. The van der Waals surface area contributed by atoms with Gasteiger partial charge < -0.3 is 5.11 Å². The van der Waals surface area contributed by atoms with E-state index >= 15 is 0 Å². The number of aromatic hydroxyl groups is 1. The molecule has 0 aliphatic rings. The third-order valence-corrected chi connectivity index (χ3v) is 3.50. The van der Waals surface area contributed by atoms with Crippen LogP contribution in [0.2, 0.25) is 5.02 Å². The molecule has 0 aliphatic carbocycles. The van der Waals surface area contributed by atoms with E-state index in [1.54, 1.807) is 18.2 Å². The molecule has 0 heterocycles. The fourth-order valence-corrected chi connectivity index (χ4v) is 2.04. The van der Waals surface area contributed by atoms with E-state index in [1.807, 2.05) is 0 Å². The lowest BCUT2D eigenvalue weighted by atomic mass is 10.0. The fraction of sp³-hybridized carbons (Fsp3) is 0. The fourth-order valence-electron chi connectivity index (χ4n) is 1.46. The Kier molecular flexibility index (Phi) is 3.17. The van der Waals surface area contributed by atoms with Crippen LogP contribution in [-0.2, 0) is 0 Å². The number of phenolic OH excluding ortho intramolecular Hbond substituents is 1. The van der Waals surface area contributed by atoms with Crippen molar-refractivity contribution in [2.24, 2.45) is 0 Å². The van der Waals surface area contributed by atoms with Crippen LogP contribution in [0.5, 0.6) is 5.75 Å². The molecule has 0 unspecified atom stereocenters. The molecule has 0 spiro atoms. The Hall–Kier alpha value is -1.06. The van der Waals surface area contributed by atoms with Crippen LogP contribution in [0.25, 0.3) is 11.1 Å². The van der Waals surface area contributed by atoms with E-state index in [4.69, 9.17) is 11.6 Å². The molecular formula is C12H7BrClFO. The zero-order chi connectivity index (χ0) is 11.7. The van der Waals surface area contributed by atoms with Crippen molar-refractivity contribution in [2.75, 3.05) is 0 Å². The number of hydrogen-bond acceptors (Lipinski definition) is 1. The van der Waals surface area contributed by atoms with Crippen LogP contribution in [0.15, 0.2) is 40.9 Å². The van der Waals surface area contributed by atoms with Crippen LogP contribution < -0.4 is 0 Å². The van der Waals surface area contributed by atoms with Crippen molar-refractivity contribution in [3.63, 3.8) is 0 Å². The van der Waals surface area contributed by atoms with Crippen molar-refractivity contribution in [3.8, 4) is 16.9 Å². The summed E-state index contributed by atoms with van der Waals surface area (Å²) in [6.07, 6.45) is 0. The Morgan fingerprint density at radius 1 is 1.12 bits per heavy atom. The molecule has 0 aliphatic heterocycles. The molecule has 0 atom stereocenters. The minimum absolute atomic E-state index is 0.00130. The second kappa shape index (κ2) is 4.44. The standard InChI is InChI=1S/C12H7BrClFO/c13-8-5-6-9(15)11(12(8)14)7-3-1-2-4-10(7)16/h1-6,16H. The highest BCUT2D eigenvalue weighted by atomic mass is 79.9. The SMILES string of the molecule is Oc1ccccc1-c1c(F)ccc(Br)c1Cl. The Bertz CT molecular complexity index is 543. The van der Waals surface area contributed by atoms with Crippen molar-refractivity contribution in [1.29, 1.82) is 0 Å². The Balaban J connectivity index is 2.74. The van der Waals surface area contributed by atoms with Gasteiger partial charge in [-0.1, -0.05) is 29.8 Å². The molecule has 82 valence electrons. The quantitative estimate of drug-likeness (QED) is 0.762. The highest BCUT2D eigenvalue weighted by molar-refractivity contribution is 9.10. The predicted octanol–water partition coefficient (Wildman–Crippen LogP) is 4.61. The lowest BCUT2D eigenvalue weighted by Crippen LogP contribution is -1.87. The Labute approximate surface area is 106 Å². The van der Waals surface area contributed by atoms with Crippen LogP contribution >= 0.6 is 27.5 Å². The predicted molar refractivity (Wildman–Crippen MR) is 66.2 cm³/mol. The van der Waals surface area contributed by atoms with Crippen molar-refractivity contribution in [1.82, 2.24) is 0 Å². The highest BCUT2D eigenvalue weighted by Gasteiger charge is 2.15. The number of hydrogen-bond donors (Lipinski definition) is 1. The molecule has 0 saturated heterocycles. The van der Waals surface area contributed by atoms with Gasteiger partial charge in [-0.25, -0.2) is 4.39 Å². The summed E-state index contributed by atoms with van der Waals surface area (Å²) < 4.78 is 14.3. The average molecular weight is 302 g/mol. The van der Waals surface area contributed by atoms with E-state index in [1.165, 1.54) is 18.2 Å². The molecule has 2 rings (SSSR count). The van der Waals surface area contributed by atoms with Crippen LogP contribution in [0.1, 0.15) is 0 Å². The van der Waals surface area contributed by atoms with Crippen LogP contribution in [0.3, 0.4) is 0 Å².